The molecule has 0 radical (unpaired) electrons. The van der Waals surface area contributed by atoms with Gasteiger partial charge in [0.1, 0.15) is 5.75 Å². The summed E-state index contributed by atoms with van der Waals surface area (Å²) >= 11 is 5.79. The number of halogens is 4. The third-order valence-electron chi connectivity index (χ3n) is 2.57. The van der Waals surface area contributed by atoms with Gasteiger partial charge >= 0.3 is 6.18 Å². The van der Waals surface area contributed by atoms with Crippen LogP contribution < -0.4 is 4.74 Å². The van der Waals surface area contributed by atoms with E-state index in [4.69, 9.17) is 21.4 Å². The normalized spacial score (nSPS) is 12.9. The SMILES string of the molecule is COc1cc(C(=O)N(C)C[C@H](O)C(F)(F)F)ccc1Cl. The molecule has 0 saturated carbocycles. The van der Waals surface area contributed by atoms with Crippen LogP contribution in [0.2, 0.25) is 5.02 Å². The average molecular weight is 312 g/mol. The van der Waals surface area contributed by atoms with Gasteiger partial charge in [-0.3, -0.25) is 4.79 Å². The second-order valence-electron chi connectivity index (χ2n) is 4.09. The van der Waals surface area contributed by atoms with Crippen LogP contribution in [-0.2, 0) is 0 Å². The largest absolute Gasteiger partial charge is 0.495 e. The van der Waals surface area contributed by atoms with E-state index < -0.39 is 24.7 Å². The third kappa shape index (κ3) is 4.01. The second-order valence-corrected chi connectivity index (χ2v) is 4.50. The summed E-state index contributed by atoms with van der Waals surface area (Å²) in [5, 5.41) is 9.21. The Morgan fingerprint density at radius 3 is 2.60 bits per heavy atom. The number of carbonyl (C=O) groups is 1. The number of likely N-dealkylation sites (N-methyl/N-ethyl adjacent to an activating group) is 1. The van der Waals surface area contributed by atoms with Crippen molar-refractivity contribution in [2.75, 3.05) is 20.7 Å². The maximum atomic E-state index is 12.2. The van der Waals surface area contributed by atoms with Crippen LogP contribution in [0.4, 0.5) is 13.2 Å². The Bertz CT molecular complexity index is 493. The summed E-state index contributed by atoms with van der Waals surface area (Å²) in [5.74, 6) is -0.439. The number of aliphatic hydroxyl groups excluding tert-OH is 1. The molecule has 0 saturated heterocycles. The Hall–Kier alpha value is -1.47. The van der Waals surface area contributed by atoms with E-state index in [1.54, 1.807) is 0 Å². The predicted molar refractivity (Wildman–Crippen MR) is 67.0 cm³/mol. The molecule has 0 fully saturated rings. The van der Waals surface area contributed by atoms with Crippen molar-refractivity contribution in [3.8, 4) is 5.75 Å². The molecule has 0 unspecified atom stereocenters. The molecule has 0 aliphatic carbocycles. The first-order chi connectivity index (χ1) is 9.16. The van der Waals surface area contributed by atoms with Gasteiger partial charge in [0.25, 0.3) is 5.91 Å². The van der Waals surface area contributed by atoms with Crippen LogP contribution in [0.5, 0.6) is 5.75 Å². The van der Waals surface area contributed by atoms with E-state index in [0.717, 1.165) is 4.90 Å². The van der Waals surface area contributed by atoms with Gasteiger partial charge in [-0.15, -0.1) is 0 Å². The van der Waals surface area contributed by atoms with Gasteiger partial charge in [0, 0.05) is 12.6 Å². The van der Waals surface area contributed by atoms with Crippen molar-refractivity contribution in [1.82, 2.24) is 4.90 Å². The van der Waals surface area contributed by atoms with Gasteiger partial charge in [-0.1, -0.05) is 11.6 Å². The monoisotopic (exact) mass is 311 g/mol. The molecular weight excluding hydrogens is 299 g/mol. The van der Waals surface area contributed by atoms with E-state index in [-0.39, 0.29) is 16.3 Å². The number of methoxy groups -OCH3 is 1. The molecule has 0 spiro atoms. The first kappa shape index (κ1) is 16.6. The number of aliphatic hydroxyl groups is 1. The zero-order chi connectivity index (χ0) is 15.5. The van der Waals surface area contributed by atoms with Crippen molar-refractivity contribution in [3.05, 3.63) is 28.8 Å². The number of carbonyl (C=O) groups excluding carboxylic acids is 1. The van der Waals surface area contributed by atoms with Gasteiger partial charge in [-0.05, 0) is 18.2 Å². The number of benzene rings is 1. The minimum absolute atomic E-state index is 0.114. The van der Waals surface area contributed by atoms with E-state index in [1.807, 2.05) is 0 Å². The Kier molecular flexibility index (Phi) is 5.24. The quantitative estimate of drug-likeness (QED) is 0.928. The standard InChI is InChI=1S/C12H13ClF3NO3/c1-17(6-10(18)12(14,15)16)11(19)7-3-4-8(13)9(5-7)20-2/h3-5,10,18H,6H2,1-2H3/t10-/m0/s1. The van der Waals surface area contributed by atoms with E-state index in [0.29, 0.717) is 0 Å². The molecule has 1 rings (SSSR count). The lowest BCUT2D eigenvalue weighted by atomic mass is 10.2. The van der Waals surface area contributed by atoms with Crippen molar-refractivity contribution in [2.45, 2.75) is 12.3 Å². The molecular formula is C12H13ClF3NO3. The van der Waals surface area contributed by atoms with E-state index in [2.05, 4.69) is 0 Å². The highest BCUT2D eigenvalue weighted by atomic mass is 35.5. The number of amides is 1. The molecule has 0 aliphatic rings. The molecule has 1 amide bonds. The van der Waals surface area contributed by atoms with Crippen LogP contribution >= 0.6 is 11.6 Å². The summed E-state index contributed by atoms with van der Waals surface area (Å²) in [4.78, 5) is 12.7. The average Bonchev–Trinajstić information content (AvgIpc) is 2.37. The number of nitrogens with zero attached hydrogens (tertiary/aromatic N) is 1. The molecule has 0 aromatic heterocycles. The zero-order valence-electron chi connectivity index (χ0n) is 10.7. The van der Waals surface area contributed by atoms with Crippen LogP contribution in [-0.4, -0.2) is 48.9 Å². The summed E-state index contributed by atoms with van der Waals surface area (Å²) in [7, 11) is 2.52. The van der Waals surface area contributed by atoms with Crippen LogP contribution in [0, 0.1) is 0 Å². The second kappa shape index (κ2) is 6.32. The van der Waals surface area contributed by atoms with Crippen molar-refractivity contribution >= 4 is 17.5 Å². The fourth-order valence-electron chi connectivity index (χ4n) is 1.46. The molecule has 4 nitrogen and oxygen atoms in total. The summed E-state index contributed by atoms with van der Waals surface area (Å²) < 4.78 is 41.6. The van der Waals surface area contributed by atoms with Gasteiger partial charge in [0.2, 0.25) is 0 Å². The van der Waals surface area contributed by atoms with Gasteiger partial charge < -0.3 is 14.7 Å². The predicted octanol–water partition coefficient (Wildman–Crippen LogP) is 2.34. The highest BCUT2D eigenvalue weighted by Gasteiger charge is 2.39. The lowest BCUT2D eigenvalue weighted by Gasteiger charge is -2.22. The first-order valence-corrected chi connectivity index (χ1v) is 5.88. The van der Waals surface area contributed by atoms with Crippen LogP contribution in [0.15, 0.2) is 18.2 Å². The number of hydrogen-bond donors (Lipinski definition) is 1. The van der Waals surface area contributed by atoms with Crippen LogP contribution in [0.3, 0.4) is 0 Å². The Balaban J connectivity index is 2.84. The smallest absolute Gasteiger partial charge is 0.416 e. The van der Waals surface area contributed by atoms with E-state index >= 15 is 0 Å². The van der Waals surface area contributed by atoms with Crippen molar-refractivity contribution < 1.29 is 27.8 Å². The van der Waals surface area contributed by atoms with Gasteiger partial charge in [0.05, 0.1) is 18.7 Å². The maximum absolute atomic E-state index is 12.2. The number of ether oxygens (including phenoxy) is 1. The lowest BCUT2D eigenvalue weighted by molar-refractivity contribution is -0.205. The van der Waals surface area contributed by atoms with Crippen molar-refractivity contribution in [1.29, 1.82) is 0 Å². The Labute approximate surface area is 118 Å². The molecule has 1 atom stereocenters. The molecule has 0 heterocycles. The summed E-state index contributed by atoms with van der Waals surface area (Å²) in [6.45, 7) is -0.854. The highest BCUT2D eigenvalue weighted by Crippen LogP contribution is 2.26. The molecule has 20 heavy (non-hydrogen) atoms. The van der Waals surface area contributed by atoms with Crippen LogP contribution in [0.1, 0.15) is 10.4 Å². The molecule has 1 aromatic carbocycles. The number of rotatable bonds is 4. The van der Waals surface area contributed by atoms with Gasteiger partial charge in [-0.25, -0.2) is 0 Å². The topological polar surface area (TPSA) is 49.8 Å². The Morgan fingerprint density at radius 2 is 2.10 bits per heavy atom. The number of alkyl halides is 3. The molecule has 8 heteroatoms. The van der Waals surface area contributed by atoms with Crippen molar-refractivity contribution in [2.24, 2.45) is 0 Å². The molecule has 112 valence electrons. The fraction of sp³-hybridized carbons (Fsp3) is 0.417. The van der Waals surface area contributed by atoms with Gasteiger partial charge in [-0.2, -0.15) is 13.2 Å². The zero-order valence-corrected chi connectivity index (χ0v) is 11.5. The van der Waals surface area contributed by atoms with E-state index in [1.165, 1.54) is 32.4 Å². The molecule has 0 aliphatic heterocycles. The van der Waals surface area contributed by atoms with Crippen molar-refractivity contribution in [3.63, 3.8) is 0 Å². The third-order valence-corrected chi connectivity index (χ3v) is 2.88. The minimum atomic E-state index is -4.77. The minimum Gasteiger partial charge on any atom is -0.495 e. The first-order valence-electron chi connectivity index (χ1n) is 5.50. The lowest BCUT2D eigenvalue weighted by Crippen LogP contribution is -2.41. The Morgan fingerprint density at radius 1 is 1.50 bits per heavy atom. The maximum Gasteiger partial charge on any atom is 0.416 e. The molecule has 1 N–H and O–H groups in total. The highest BCUT2D eigenvalue weighted by molar-refractivity contribution is 6.32. The summed E-state index contributed by atoms with van der Waals surface area (Å²) in [6, 6.07) is 4.09. The molecule has 0 bridgehead atoms. The van der Waals surface area contributed by atoms with Crippen LogP contribution in [0.25, 0.3) is 0 Å². The fourth-order valence-corrected chi connectivity index (χ4v) is 1.65. The summed E-state index contributed by atoms with van der Waals surface area (Å²) in [6.07, 6.45) is -7.36. The summed E-state index contributed by atoms with van der Waals surface area (Å²) in [5.41, 5.74) is 0.114. The van der Waals surface area contributed by atoms with E-state index in [9.17, 15) is 18.0 Å². The molecule has 1 aromatic rings. The number of hydrogen-bond acceptors (Lipinski definition) is 3. The van der Waals surface area contributed by atoms with Gasteiger partial charge in [0.15, 0.2) is 6.10 Å².